The summed E-state index contributed by atoms with van der Waals surface area (Å²) in [4.78, 5) is 0. The minimum Gasteiger partial charge on any atom is -0.493 e. The van der Waals surface area contributed by atoms with Crippen LogP contribution in [-0.4, -0.2) is 20.3 Å². The monoisotopic (exact) mass is 342 g/mol. The molecule has 0 spiro atoms. The Morgan fingerprint density at radius 1 is 1.04 bits per heavy atom. The maximum absolute atomic E-state index is 6.45. The molecule has 0 N–H and O–H groups in total. The van der Waals surface area contributed by atoms with Crippen molar-refractivity contribution in [1.82, 2.24) is 0 Å². The van der Waals surface area contributed by atoms with E-state index in [0.29, 0.717) is 5.92 Å². The smallest absolute Gasteiger partial charge is 0.164 e. The van der Waals surface area contributed by atoms with E-state index in [1.165, 1.54) is 24.8 Å². The van der Waals surface area contributed by atoms with Crippen molar-refractivity contribution >= 4 is 0 Å². The van der Waals surface area contributed by atoms with E-state index in [2.05, 4.69) is 32.9 Å². The standard InChI is InChI=1S/C22H30O3/c1-21(2)10-7-11-22(3)19(21)9-6-8-15-20(22)14-12-17(23-4)18(24-5)13-16(14)25-15/h9,12-13,15,20H,6-8,10-11H2,1-5H3/t15-,20-,22-/m1/s1. The lowest BCUT2D eigenvalue weighted by Gasteiger charge is -2.49. The fourth-order valence-corrected chi connectivity index (χ4v) is 5.80. The van der Waals surface area contributed by atoms with E-state index >= 15 is 0 Å². The summed E-state index contributed by atoms with van der Waals surface area (Å²) in [5.41, 5.74) is 3.38. The van der Waals surface area contributed by atoms with Gasteiger partial charge in [-0.3, -0.25) is 0 Å². The minimum absolute atomic E-state index is 0.160. The molecule has 0 aromatic heterocycles. The first-order valence-corrected chi connectivity index (χ1v) is 9.54. The Hall–Kier alpha value is -1.64. The Morgan fingerprint density at radius 3 is 2.48 bits per heavy atom. The van der Waals surface area contributed by atoms with Crippen LogP contribution in [0.3, 0.4) is 0 Å². The maximum atomic E-state index is 6.45. The van der Waals surface area contributed by atoms with E-state index in [1.807, 2.05) is 6.07 Å². The zero-order valence-corrected chi connectivity index (χ0v) is 16.1. The van der Waals surface area contributed by atoms with Gasteiger partial charge in [0.15, 0.2) is 11.5 Å². The van der Waals surface area contributed by atoms with Gasteiger partial charge in [0.1, 0.15) is 11.9 Å². The second kappa shape index (κ2) is 5.69. The predicted octanol–water partition coefficient (Wildman–Crippen LogP) is 5.49. The highest BCUT2D eigenvalue weighted by atomic mass is 16.5. The van der Waals surface area contributed by atoms with Gasteiger partial charge in [0, 0.05) is 17.5 Å². The zero-order valence-electron chi connectivity index (χ0n) is 16.1. The molecule has 25 heavy (non-hydrogen) atoms. The summed E-state index contributed by atoms with van der Waals surface area (Å²) in [5, 5.41) is 0. The zero-order chi connectivity index (χ0) is 17.8. The van der Waals surface area contributed by atoms with Gasteiger partial charge >= 0.3 is 0 Å². The molecular weight excluding hydrogens is 312 g/mol. The fraction of sp³-hybridized carbons (Fsp3) is 0.636. The van der Waals surface area contributed by atoms with Gasteiger partial charge in [-0.1, -0.05) is 38.8 Å². The third-order valence-electron chi connectivity index (χ3n) is 6.83. The van der Waals surface area contributed by atoms with Crippen LogP contribution in [0, 0.1) is 10.8 Å². The molecule has 1 aromatic rings. The van der Waals surface area contributed by atoms with Gasteiger partial charge in [-0.2, -0.15) is 0 Å². The van der Waals surface area contributed by atoms with Crippen LogP contribution in [0.2, 0.25) is 0 Å². The third-order valence-corrected chi connectivity index (χ3v) is 6.83. The Kier molecular flexibility index (Phi) is 3.82. The number of allylic oxidation sites excluding steroid dienone is 2. The number of hydrogen-bond acceptors (Lipinski definition) is 3. The highest BCUT2D eigenvalue weighted by Gasteiger charge is 2.53. The van der Waals surface area contributed by atoms with E-state index in [-0.39, 0.29) is 16.9 Å². The first kappa shape index (κ1) is 16.8. The number of methoxy groups -OCH3 is 2. The highest BCUT2D eigenvalue weighted by molar-refractivity contribution is 5.56. The van der Waals surface area contributed by atoms with Gasteiger partial charge in [0.25, 0.3) is 0 Å². The second-order valence-corrected chi connectivity index (χ2v) is 8.73. The van der Waals surface area contributed by atoms with E-state index in [1.54, 1.807) is 19.8 Å². The van der Waals surface area contributed by atoms with Gasteiger partial charge in [-0.05, 0) is 42.6 Å². The van der Waals surface area contributed by atoms with Crippen molar-refractivity contribution in [1.29, 1.82) is 0 Å². The topological polar surface area (TPSA) is 27.7 Å². The Morgan fingerprint density at radius 2 is 1.76 bits per heavy atom. The number of rotatable bonds is 2. The summed E-state index contributed by atoms with van der Waals surface area (Å²) in [7, 11) is 3.39. The summed E-state index contributed by atoms with van der Waals surface area (Å²) >= 11 is 0. The molecule has 4 rings (SSSR count). The molecule has 3 nitrogen and oxygen atoms in total. The number of benzene rings is 1. The summed E-state index contributed by atoms with van der Waals surface area (Å²) in [6.45, 7) is 7.31. The molecule has 1 aromatic carbocycles. The van der Waals surface area contributed by atoms with Crippen molar-refractivity contribution in [2.75, 3.05) is 14.2 Å². The average molecular weight is 342 g/mol. The molecule has 136 valence electrons. The summed E-state index contributed by atoms with van der Waals surface area (Å²) in [6, 6.07) is 4.18. The Labute approximate surface area is 151 Å². The molecule has 1 saturated carbocycles. The molecular formula is C22H30O3. The molecule has 0 saturated heterocycles. The van der Waals surface area contributed by atoms with E-state index in [4.69, 9.17) is 14.2 Å². The molecule has 0 unspecified atom stereocenters. The van der Waals surface area contributed by atoms with Crippen LogP contribution < -0.4 is 14.2 Å². The maximum Gasteiger partial charge on any atom is 0.164 e. The molecule has 1 aliphatic heterocycles. The lowest BCUT2D eigenvalue weighted by atomic mass is 9.54. The van der Waals surface area contributed by atoms with Gasteiger partial charge in [-0.15, -0.1) is 0 Å². The molecule has 0 radical (unpaired) electrons. The lowest BCUT2D eigenvalue weighted by Crippen LogP contribution is -2.41. The van der Waals surface area contributed by atoms with E-state index < -0.39 is 0 Å². The molecule has 3 aliphatic rings. The van der Waals surface area contributed by atoms with Gasteiger partial charge in [0.05, 0.1) is 14.2 Å². The number of hydrogen-bond donors (Lipinski definition) is 0. The van der Waals surface area contributed by atoms with Crippen molar-refractivity contribution in [3.8, 4) is 17.2 Å². The van der Waals surface area contributed by atoms with Crippen molar-refractivity contribution in [2.24, 2.45) is 10.8 Å². The van der Waals surface area contributed by atoms with Crippen molar-refractivity contribution in [3.05, 3.63) is 29.3 Å². The molecule has 1 heterocycles. The quantitative estimate of drug-likeness (QED) is 0.666. The molecule has 2 aliphatic carbocycles. The number of ether oxygens (including phenoxy) is 3. The largest absolute Gasteiger partial charge is 0.493 e. The molecule has 0 bridgehead atoms. The van der Waals surface area contributed by atoms with Gasteiger partial charge in [-0.25, -0.2) is 0 Å². The van der Waals surface area contributed by atoms with Crippen LogP contribution in [0.5, 0.6) is 17.2 Å². The van der Waals surface area contributed by atoms with Crippen LogP contribution >= 0.6 is 0 Å². The van der Waals surface area contributed by atoms with Crippen LogP contribution in [0.1, 0.15) is 64.4 Å². The second-order valence-electron chi connectivity index (χ2n) is 8.73. The summed E-state index contributed by atoms with van der Waals surface area (Å²) in [6.07, 6.45) is 8.77. The minimum atomic E-state index is 0.160. The van der Waals surface area contributed by atoms with Crippen LogP contribution in [0.4, 0.5) is 0 Å². The van der Waals surface area contributed by atoms with Crippen molar-refractivity contribution in [2.45, 2.75) is 64.9 Å². The Balaban J connectivity index is 1.86. The van der Waals surface area contributed by atoms with Gasteiger partial charge in [0.2, 0.25) is 0 Å². The Bertz CT molecular complexity index is 718. The number of fused-ring (bicyclic) bond motifs is 5. The normalized spacial score (nSPS) is 32.4. The first-order chi connectivity index (χ1) is 11.9. The van der Waals surface area contributed by atoms with Crippen molar-refractivity contribution in [3.63, 3.8) is 0 Å². The molecule has 3 heteroatoms. The SMILES string of the molecule is COc1cc2c(cc1OC)[C@@H]1[C@@H](CCC=C3C(C)(C)CCC[C@]31C)O2. The first-order valence-electron chi connectivity index (χ1n) is 9.54. The molecule has 3 atom stereocenters. The van der Waals surface area contributed by atoms with Crippen molar-refractivity contribution < 1.29 is 14.2 Å². The molecule has 0 amide bonds. The van der Waals surface area contributed by atoms with E-state index in [0.717, 1.165) is 30.1 Å². The third kappa shape index (κ3) is 2.38. The van der Waals surface area contributed by atoms with Crippen LogP contribution in [0.25, 0.3) is 0 Å². The molecule has 1 fully saturated rings. The summed E-state index contributed by atoms with van der Waals surface area (Å²) in [5.74, 6) is 2.94. The van der Waals surface area contributed by atoms with Gasteiger partial charge < -0.3 is 14.2 Å². The van der Waals surface area contributed by atoms with Crippen LogP contribution in [0.15, 0.2) is 23.8 Å². The van der Waals surface area contributed by atoms with E-state index in [9.17, 15) is 0 Å². The van der Waals surface area contributed by atoms with Crippen LogP contribution in [-0.2, 0) is 0 Å². The lowest BCUT2D eigenvalue weighted by molar-refractivity contribution is 0.103. The summed E-state index contributed by atoms with van der Waals surface area (Å²) < 4.78 is 17.5. The predicted molar refractivity (Wildman–Crippen MR) is 99.8 cm³/mol. The average Bonchev–Trinajstić information content (AvgIpc) is 2.85. The fourth-order valence-electron chi connectivity index (χ4n) is 5.80. The highest BCUT2D eigenvalue weighted by Crippen LogP contribution is 2.63.